The Labute approximate surface area is 145 Å². The van der Waals surface area contributed by atoms with E-state index in [-0.39, 0.29) is 12.3 Å². The minimum atomic E-state index is -0.366. The maximum atomic E-state index is 11.7. The third-order valence-electron chi connectivity index (χ3n) is 4.96. The number of imidazole rings is 2. The van der Waals surface area contributed by atoms with Crippen LogP contribution in [0.4, 0.5) is 0 Å². The molecule has 5 nitrogen and oxygen atoms in total. The average Bonchev–Trinajstić information content (AvgIpc) is 3.10. The lowest BCUT2D eigenvalue weighted by atomic mass is 10.0. The summed E-state index contributed by atoms with van der Waals surface area (Å²) < 4.78 is 2.05. The van der Waals surface area contributed by atoms with E-state index in [2.05, 4.69) is 31.8 Å². The minimum absolute atomic E-state index is 0.144. The van der Waals surface area contributed by atoms with Crippen molar-refractivity contribution in [1.29, 1.82) is 0 Å². The van der Waals surface area contributed by atoms with Crippen LogP contribution in [-0.2, 0) is 11.2 Å². The van der Waals surface area contributed by atoms with Crippen molar-refractivity contribution < 1.29 is 4.79 Å². The number of aryl methyl sites for hydroxylation is 2. The molecule has 0 atom stereocenters. The fourth-order valence-corrected chi connectivity index (χ4v) is 3.51. The number of nitrogens with two attached hydrogens (primary N) is 1. The van der Waals surface area contributed by atoms with Gasteiger partial charge in [-0.25, -0.2) is 4.98 Å². The van der Waals surface area contributed by atoms with E-state index in [1.54, 1.807) is 0 Å². The molecule has 0 spiro atoms. The Balaban J connectivity index is 2.12. The van der Waals surface area contributed by atoms with Crippen molar-refractivity contribution >= 4 is 22.7 Å². The molecule has 2 aromatic heterocycles. The second-order valence-corrected chi connectivity index (χ2v) is 6.54. The van der Waals surface area contributed by atoms with Crippen LogP contribution in [0.25, 0.3) is 28.1 Å². The van der Waals surface area contributed by atoms with Gasteiger partial charge in [0.25, 0.3) is 0 Å². The number of rotatable bonds is 3. The number of hydrogen-bond donors (Lipinski definition) is 2. The summed E-state index contributed by atoms with van der Waals surface area (Å²) in [6.07, 6.45) is 0.144. The highest BCUT2D eigenvalue weighted by atomic mass is 16.1. The average molecular weight is 332 g/mol. The van der Waals surface area contributed by atoms with Gasteiger partial charge in [-0.1, -0.05) is 30.3 Å². The Kier molecular flexibility index (Phi) is 3.39. The van der Waals surface area contributed by atoms with E-state index < -0.39 is 0 Å². The van der Waals surface area contributed by atoms with Gasteiger partial charge in [0, 0.05) is 5.56 Å². The van der Waals surface area contributed by atoms with Crippen LogP contribution < -0.4 is 5.73 Å². The Hall–Kier alpha value is -3.08. The molecule has 0 unspecified atom stereocenters. The van der Waals surface area contributed by atoms with Gasteiger partial charge in [0.15, 0.2) is 0 Å². The van der Waals surface area contributed by atoms with Gasteiger partial charge in [0.2, 0.25) is 11.7 Å². The maximum absolute atomic E-state index is 11.7. The predicted molar refractivity (Wildman–Crippen MR) is 99.6 cm³/mol. The van der Waals surface area contributed by atoms with Crippen molar-refractivity contribution in [3.63, 3.8) is 0 Å². The quantitative estimate of drug-likeness (QED) is 0.603. The van der Waals surface area contributed by atoms with Crippen LogP contribution in [0.1, 0.15) is 22.4 Å². The molecule has 0 fully saturated rings. The van der Waals surface area contributed by atoms with Crippen LogP contribution in [-0.4, -0.2) is 20.3 Å². The number of H-pyrrole nitrogens is 1. The number of nitrogens with zero attached hydrogens (tertiary/aromatic N) is 2. The molecular weight excluding hydrogens is 312 g/mol. The van der Waals surface area contributed by atoms with Crippen molar-refractivity contribution in [1.82, 2.24) is 14.4 Å². The van der Waals surface area contributed by atoms with E-state index in [0.717, 1.165) is 33.8 Å². The smallest absolute Gasteiger partial charge is 0.223 e. The largest absolute Gasteiger partial charge is 0.369 e. The Bertz CT molecular complexity index is 1120. The summed E-state index contributed by atoms with van der Waals surface area (Å²) in [7, 11) is 0. The van der Waals surface area contributed by atoms with Crippen LogP contribution >= 0.6 is 0 Å². The molecule has 126 valence electrons. The topological polar surface area (TPSA) is 76.2 Å². The number of carbonyl (C=O) groups excluding carboxylic acids is 1. The standard InChI is InChI=1S/C20H20N4O/c1-11-9-15-19(13(3)12(11)2)24-16(10-17(21)25)18(23-20(24)22-15)14-7-5-4-6-8-14/h4-9H,10H2,1-3H3,(H2,21,25)(H,22,23). The molecule has 0 saturated carbocycles. The Morgan fingerprint density at radius 2 is 1.88 bits per heavy atom. The van der Waals surface area contributed by atoms with Crippen LogP contribution in [0, 0.1) is 20.8 Å². The third kappa shape index (κ3) is 2.31. The first-order chi connectivity index (χ1) is 12.0. The first-order valence-electron chi connectivity index (χ1n) is 8.31. The molecule has 2 heterocycles. The molecule has 0 aliphatic heterocycles. The maximum Gasteiger partial charge on any atom is 0.223 e. The summed E-state index contributed by atoms with van der Waals surface area (Å²) in [5.74, 6) is 0.369. The molecule has 3 N–H and O–H groups in total. The summed E-state index contributed by atoms with van der Waals surface area (Å²) in [4.78, 5) is 19.9. The van der Waals surface area contributed by atoms with E-state index in [4.69, 9.17) is 10.7 Å². The summed E-state index contributed by atoms with van der Waals surface area (Å²) in [6.45, 7) is 6.32. The zero-order valence-corrected chi connectivity index (χ0v) is 14.6. The second kappa shape index (κ2) is 5.48. The number of amides is 1. The van der Waals surface area contributed by atoms with Gasteiger partial charge < -0.3 is 10.7 Å². The molecule has 25 heavy (non-hydrogen) atoms. The van der Waals surface area contributed by atoms with Crippen molar-refractivity contribution in [3.05, 3.63) is 58.8 Å². The number of carbonyl (C=O) groups is 1. The van der Waals surface area contributed by atoms with Gasteiger partial charge in [-0.3, -0.25) is 9.20 Å². The summed E-state index contributed by atoms with van der Waals surface area (Å²) in [5, 5.41) is 0. The van der Waals surface area contributed by atoms with Crippen LogP contribution in [0.15, 0.2) is 36.4 Å². The van der Waals surface area contributed by atoms with Crippen LogP contribution in [0.5, 0.6) is 0 Å². The van der Waals surface area contributed by atoms with Crippen molar-refractivity contribution in [3.8, 4) is 11.3 Å². The monoisotopic (exact) mass is 332 g/mol. The molecule has 4 rings (SSSR count). The molecule has 5 heteroatoms. The molecule has 4 aromatic rings. The Morgan fingerprint density at radius 3 is 2.56 bits per heavy atom. The van der Waals surface area contributed by atoms with E-state index in [1.165, 1.54) is 16.7 Å². The molecular formula is C20H20N4O. The van der Waals surface area contributed by atoms with E-state index in [9.17, 15) is 4.79 Å². The Morgan fingerprint density at radius 1 is 1.16 bits per heavy atom. The van der Waals surface area contributed by atoms with Crippen molar-refractivity contribution in [2.24, 2.45) is 5.73 Å². The van der Waals surface area contributed by atoms with Crippen LogP contribution in [0.3, 0.4) is 0 Å². The van der Waals surface area contributed by atoms with E-state index in [1.807, 2.05) is 34.7 Å². The molecule has 2 aromatic carbocycles. The molecule has 1 amide bonds. The molecule has 0 radical (unpaired) electrons. The minimum Gasteiger partial charge on any atom is -0.369 e. The summed E-state index contributed by atoms with van der Waals surface area (Å²) in [6, 6.07) is 12.0. The predicted octanol–water partition coefficient (Wildman–Crippen LogP) is 3.44. The lowest BCUT2D eigenvalue weighted by molar-refractivity contribution is -0.117. The number of aromatic amines is 1. The lowest BCUT2D eigenvalue weighted by Crippen LogP contribution is -2.15. The number of primary amides is 1. The number of aromatic nitrogens is 3. The van der Waals surface area contributed by atoms with Crippen LogP contribution in [0.2, 0.25) is 0 Å². The zero-order valence-electron chi connectivity index (χ0n) is 14.6. The highest BCUT2D eigenvalue weighted by Gasteiger charge is 2.21. The molecule has 0 aliphatic rings. The summed E-state index contributed by atoms with van der Waals surface area (Å²) in [5.41, 5.74) is 13.9. The normalized spacial score (nSPS) is 11.5. The first-order valence-corrected chi connectivity index (χ1v) is 8.31. The highest BCUT2D eigenvalue weighted by molar-refractivity contribution is 5.88. The first kappa shape index (κ1) is 15.4. The second-order valence-electron chi connectivity index (χ2n) is 6.54. The highest BCUT2D eigenvalue weighted by Crippen LogP contribution is 2.31. The number of hydrogen-bond acceptors (Lipinski definition) is 2. The third-order valence-corrected chi connectivity index (χ3v) is 4.96. The van der Waals surface area contributed by atoms with Gasteiger partial charge in [-0.2, -0.15) is 0 Å². The van der Waals surface area contributed by atoms with Gasteiger partial charge in [-0.15, -0.1) is 0 Å². The fraction of sp³-hybridized carbons (Fsp3) is 0.200. The van der Waals surface area contributed by atoms with Gasteiger partial charge in [0.05, 0.1) is 28.8 Å². The summed E-state index contributed by atoms with van der Waals surface area (Å²) >= 11 is 0. The SMILES string of the molecule is Cc1cc2[nH]c3nc(-c4ccccc4)c(CC(N)=O)n3c2c(C)c1C. The fourth-order valence-electron chi connectivity index (χ4n) is 3.51. The number of benzene rings is 2. The molecule has 0 aliphatic carbocycles. The number of fused-ring (bicyclic) bond motifs is 3. The molecule has 0 saturated heterocycles. The van der Waals surface area contributed by atoms with Gasteiger partial charge in [-0.05, 0) is 43.5 Å². The lowest BCUT2D eigenvalue weighted by Gasteiger charge is -2.09. The zero-order chi connectivity index (χ0) is 17.7. The van der Waals surface area contributed by atoms with Gasteiger partial charge in [0.1, 0.15) is 0 Å². The number of nitrogens with one attached hydrogen (secondary N) is 1. The molecule has 0 bridgehead atoms. The van der Waals surface area contributed by atoms with Gasteiger partial charge >= 0.3 is 0 Å². The van der Waals surface area contributed by atoms with Crippen molar-refractivity contribution in [2.45, 2.75) is 27.2 Å². The van der Waals surface area contributed by atoms with Crippen molar-refractivity contribution in [2.75, 3.05) is 0 Å². The van der Waals surface area contributed by atoms with E-state index in [0.29, 0.717) is 0 Å². The van der Waals surface area contributed by atoms with E-state index >= 15 is 0 Å².